The van der Waals surface area contributed by atoms with Gasteiger partial charge in [0.05, 0.1) is 0 Å². The lowest BCUT2D eigenvalue weighted by Crippen LogP contribution is -2.14. The molecule has 78 valence electrons. The lowest BCUT2D eigenvalue weighted by atomic mass is 10.1. The monoisotopic (exact) mass is 212 g/mol. The highest BCUT2D eigenvalue weighted by Gasteiger charge is 2.38. The van der Waals surface area contributed by atoms with Crippen molar-refractivity contribution >= 4 is 0 Å². The molecule has 5 heteroatoms. The van der Waals surface area contributed by atoms with Crippen molar-refractivity contribution in [3.05, 3.63) is 58.5 Å². The summed E-state index contributed by atoms with van der Waals surface area (Å²) < 4.78 is 35.6. The van der Waals surface area contributed by atoms with Gasteiger partial charge in [-0.05, 0) is 0 Å². The van der Waals surface area contributed by atoms with E-state index in [0.717, 1.165) is 0 Å². The molecule has 2 aromatic rings. The predicted octanol–water partition coefficient (Wildman–Crippen LogP) is 2.37. The smallest absolute Gasteiger partial charge is 0.399 e. The Balaban J connectivity index is 2.48. The van der Waals surface area contributed by atoms with Gasteiger partial charge in [0.15, 0.2) is 0 Å². The molecule has 0 atom stereocenters. The first-order valence-electron chi connectivity index (χ1n) is 4.13. The Morgan fingerprint density at radius 3 is 2.33 bits per heavy atom. The fraction of sp³-hybridized carbons (Fsp3) is 0.100. The van der Waals surface area contributed by atoms with E-state index in [0.29, 0.717) is 6.26 Å². The van der Waals surface area contributed by atoms with Crippen molar-refractivity contribution in [3.63, 3.8) is 0 Å². The molecule has 0 amide bonds. The van der Waals surface area contributed by atoms with Crippen LogP contribution in [0.25, 0.3) is 0 Å². The van der Waals surface area contributed by atoms with Gasteiger partial charge < -0.3 is 8.83 Å². The number of hydrogen-bond acceptors (Lipinski definition) is 3. The standard InChI is InChI=1S/C10H6F2O3/c11-10(12,7-4-2-1-3-5-7)8-6-14-9(13)15-8/h1-6H. The number of benzene rings is 1. The molecule has 1 aromatic carbocycles. The van der Waals surface area contributed by atoms with E-state index in [1.807, 2.05) is 0 Å². The van der Waals surface area contributed by atoms with Crippen LogP contribution >= 0.6 is 0 Å². The molecule has 0 aliphatic heterocycles. The van der Waals surface area contributed by atoms with Crippen molar-refractivity contribution in [1.29, 1.82) is 0 Å². The van der Waals surface area contributed by atoms with Crippen molar-refractivity contribution in [2.24, 2.45) is 0 Å². The summed E-state index contributed by atoms with van der Waals surface area (Å²) in [7, 11) is 0. The average Bonchev–Trinajstić information content (AvgIpc) is 2.67. The first-order chi connectivity index (χ1) is 7.10. The maximum absolute atomic E-state index is 13.6. The Bertz CT molecular complexity index is 499. The summed E-state index contributed by atoms with van der Waals surface area (Å²) in [5.41, 5.74) is -0.255. The van der Waals surface area contributed by atoms with Crippen LogP contribution in [0, 0.1) is 0 Å². The molecule has 0 aliphatic carbocycles. The second-order valence-corrected chi connectivity index (χ2v) is 2.89. The third-order valence-corrected chi connectivity index (χ3v) is 1.90. The van der Waals surface area contributed by atoms with Gasteiger partial charge in [0.1, 0.15) is 6.26 Å². The van der Waals surface area contributed by atoms with Gasteiger partial charge in [0.25, 0.3) is 0 Å². The molecular formula is C10H6F2O3. The fourth-order valence-electron chi connectivity index (χ4n) is 1.17. The summed E-state index contributed by atoms with van der Waals surface area (Å²) in [6, 6.07) is 7.05. The van der Waals surface area contributed by atoms with E-state index >= 15 is 0 Å². The van der Waals surface area contributed by atoms with Crippen LogP contribution < -0.4 is 5.82 Å². The zero-order valence-electron chi connectivity index (χ0n) is 7.44. The summed E-state index contributed by atoms with van der Waals surface area (Å²) in [5, 5.41) is 0. The zero-order chi connectivity index (χ0) is 10.9. The summed E-state index contributed by atoms with van der Waals surface area (Å²) in [6.45, 7) is 0. The van der Waals surface area contributed by atoms with E-state index in [1.165, 1.54) is 24.3 Å². The minimum absolute atomic E-state index is 0.255. The Morgan fingerprint density at radius 2 is 1.80 bits per heavy atom. The van der Waals surface area contributed by atoms with Crippen molar-refractivity contribution in [2.75, 3.05) is 0 Å². The molecule has 0 saturated heterocycles. The molecule has 0 radical (unpaired) electrons. The second-order valence-electron chi connectivity index (χ2n) is 2.89. The van der Waals surface area contributed by atoms with Gasteiger partial charge in [-0.1, -0.05) is 30.3 Å². The van der Waals surface area contributed by atoms with Gasteiger partial charge in [-0.15, -0.1) is 0 Å². The topological polar surface area (TPSA) is 43.4 Å². The van der Waals surface area contributed by atoms with Crippen molar-refractivity contribution < 1.29 is 17.6 Å². The molecule has 0 unspecified atom stereocenters. The minimum Gasteiger partial charge on any atom is -0.399 e. The first kappa shape index (κ1) is 9.64. The number of halogens is 2. The summed E-state index contributed by atoms with van der Waals surface area (Å²) in [4.78, 5) is 10.5. The summed E-state index contributed by atoms with van der Waals surface area (Å²) in [5.74, 6) is -5.28. The van der Waals surface area contributed by atoms with Crippen LogP contribution in [0.5, 0.6) is 0 Å². The van der Waals surface area contributed by atoms with Gasteiger partial charge in [0, 0.05) is 5.56 Å². The highest BCUT2D eigenvalue weighted by molar-refractivity contribution is 5.26. The minimum atomic E-state index is -3.35. The molecule has 0 spiro atoms. The van der Waals surface area contributed by atoms with Gasteiger partial charge in [-0.2, -0.15) is 8.78 Å². The van der Waals surface area contributed by atoms with Gasteiger partial charge in [-0.25, -0.2) is 4.79 Å². The highest BCUT2D eigenvalue weighted by Crippen LogP contribution is 2.34. The fourth-order valence-corrected chi connectivity index (χ4v) is 1.17. The maximum Gasteiger partial charge on any atom is 0.518 e. The molecule has 0 aliphatic rings. The normalized spacial score (nSPS) is 11.6. The lowest BCUT2D eigenvalue weighted by Gasteiger charge is -2.11. The molecule has 0 saturated carbocycles. The van der Waals surface area contributed by atoms with Crippen molar-refractivity contribution in [1.82, 2.24) is 0 Å². The van der Waals surface area contributed by atoms with Crippen LogP contribution in [0.1, 0.15) is 11.3 Å². The van der Waals surface area contributed by atoms with Crippen molar-refractivity contribution in [2.45, 2.75) is 5.92 Å². The van der Waals surface area contributed by atoms with Gasteiger partial charge >= 0.3 is 11.7 Å². The predicted molar refractivity (Wildman–Crippen MR) is 46.7 cm³/mol. The molecule has 0 bridgehead atoms. The lowest BCUT2D eigenvalue weighted by molar-refractivity contribution is 0.0177. The molecule has 0 fully saturated rings. The summed E-state index contributed by atoms with van der Waals surface area (Å²) in [6.07, 6.45) is 0.620. The van der Waals surface area contributed by atoms with E-state index in [2.05, 4.69) is 8.83 Å². The van der Waals surface area contributed by atoms with E-state index in [9.17, 15) is 13.6 Å². The molecule has 2 rings (SSSR count). The Hall–Kier alpha value is -1.91. The van der Waals surface area contributed by atoms with Crippen molar-refractivity contribution in [3.8, 4) is 0 Å². The van der Waals surface area contributed by atoms with Gasteiger partial charge in [0.2, 0.25) is 5.76 Å². The average molecular weight is 212 g/mol. The van der Waals surface area contributed by atoms with Crippen LogP contribution in [0.3, 0.4) is 0 Å². The quantitative estimate of drug-likeness (QED) is 0.767. The van der Waals surface area contributed by atoms with E-state index in [1.54, 1.807) is 6.07 Å². The first-order valence-corrected chi connectivity index (χ1v) is 4.13. The highest BCUT2D eigenvalue weighted by atomic mass is 19.3. The molecule has 0 N–H and O–H groups in total. The number of rotatable bonds is 2. The van der Waals surface area contributed by atoms with E-state index < -0.39 is 17.5 Å². The number of alkyl halides is 2. The van der Waals surface area contributed by atoms with Crippen LogP contribution in [0.2, 0.25) is 0 Å². The molecular weight excluding hydrogens is 206 g/mol. The Labute approximate surface area is 82.9 Å². The van der Waals surface area contributed by atoms with E-state index in [4.69, 9.17) is 0 Å². The van der Waals surface area contributed by atoms with Crippen LogP contribution in [-0.4, -0.2) is 0 Å². The third-order valence-electron chi connectivity index (χ3n) is 1.90. The molecule has 1 heterocycles. The number of hydrogen-bond donors (Lipinski definition) is 0. The molecule has 3 nitrogen and oxygen atoms in total. The maximum atomic E-state index is 13.6. The Morgan fingerprint density at radius 1 is 1.13 bits per heavy atom. The zero-order valence-corrected chi connectivity index (χ0v) is 7.44. The second kappa shape index (κ2) is 3.34. The largest absolute Gasteiger partial charge is 0.518 e. The van der Waals surface area contributed by atoms with Crippen LogP contribution in [0.4, 0.5) is 8.78 Å². The van der Waals surface area contributed by atoms with Crippen LogP contribution in [0.15, 0.2) is 50.2 Å². The molecule has 1 aromatic heterocycles. The van der Waals surface area contributed by atoms with Crippen LogP contribution in [-0.2, 0) is 5.92 Å². The Kier molecular flexibility index (Phi) is 2.15. The van der Waals surface area contributed by atoms with E-state index in [-0.39, 0.29) is 5.56 Å². The summed E-state index contributed by atoms with van der Waals surface area (Å²) >= 11 is 0. The molecule has 15 heavy (non-hydrogen) atoms. The third kappa shape index (κ3) is 1.68. The SMILES string of the molecule is O=c1occ(C(F)(F)c2ccccc2)o1. The van der Waals surface area contributed by atoms with Gasteiger partial charge in [-0.3, -0.25) is 0 Å².